The van der Waals surface area contributed by atoms with Crippen molar-refractivity contribution in [3.05, 3.63) is 124 Å². The van der Waals surface area contributed by atoms with Gasteiger partial charge in [0.25, 0.3) is 21.8 Å². The molecule has 434 valence electrons. The Hall–Kier alpha value is -6.68. The predicted octanol–water partition coefficient (Wildman–Crippen LogP) is 9.23. The summed E-state index contributed by atoms with van der Waals surface area (Å²) in [5, 5.41) is 16.6. The molecule has 20 heteroatoms. The highest BCUT2D eigenvalue weighted by molar-refractivity contribution is 7.90. The molecule has 1 spiro atoms. The number of halogens is 1. The zero-order chi connectivity index (χ0) is 56.9. The van der Waals surface area contributed by atoms with E-state index in [0.29, 0.717) is 59.6 Å². The van der Waals surface area contributed by atoms with Crippen molar-refractivity contribution in [3.63, 3.8) is 0 Å². The predicted molar refractivity (Wildman–Crippen MR) is 312 cm³/mol. The van der Waals surface area contributed by atoms with Gasteiger partial charge in [-0.1, -0.05) is 50.2 Å². The van der Waals surface area contributed by atoms with Gasteiger partial charge in [0.1, 0.15) is 44.8 Å². The molecular formula is C62H75FN10O8S. The van der Waals surface area contributed by atoms with Gasteiger partial charge >= 0.3 is 0 Å². The van der Waals surface area contributed by atoms with Gasteiger partial charge in [0.15, 0.2) is 11.4 Å². The first kappa shape index (κ1) is 55.8. The van der Waals surface area contributed by atoms with Crippen LogP contribution in [0.4, 0.5) is 21.6 Å². The Morgan fingerprint density at radius 2 is 1.73 bits per heavy atom. The number of hydroxylamine groups is 1. The van der Waals surface area contributed by atoms with E-state index in [9.17, 15) is 18.4 Å². The maximum absolute atomic E-state index is 15.1. The number of piperidine rings is 1. The Kier molecular flexibility index (Phi) is 15.8. The molecule has 3 aliphatic carbocycles. The molecule has 3 aromatic carbocycles. The monoisotopic (exact) mass is 1140 g/mol. The number of methoxy groups -OCH3 is 2. The first-order valence-electron chi connectivity index (χ1n) is 29.2. The van der Waals surface area contributed by atoms with Crippen LogP contribution in [0, 0.1) is 22.5 Å². The molecule has 6 heterocycles. The fraction of sp³-hybridized carbons (Fsp3) is 0.484. The molecule has 3 unspecified atom stereocenters. The topological polar surface area (TPSA) is 204 Å². The Bertz CT molecular complexity index is 3460. The Labute approximate surface area is 479 Å². The molecule has 0 bridgehead atoms. The van der Waals surface area contributed by atoms with Crippen LogP contribution < -0.4 is 34.2 Å². The number of piperazine rings is 1. The van der Waals surface area contributed by atoms with Crippen molar-refractivity contribution in [2.75, 3.05) is 77.4 Å². The van der Waals surface area contributed by atoms with E-state index in [1.165, 1.54) is 61.6 Å². The number of benzene rings is 3. The van der Waals surface area contributed by atoms with E-state index >= 15 is 4.39 Å². The van der Waals surface area contributed by atoms with Gasteiger partial charge in [0, 0.05) is 101 Å². The summed E-state index contributed by atoms with van der Waals surface area (Å²) in [7, 11) is -0.203. The van der Waals surface area contributed by atoms with E-state index in [0.717, 1.165) is 103 Å². The summed E-state index contributed by atoms with van der Waals surface area (Å²) >= 11 is 0. The normalized spacial score (nSPS) is 22.0. The van der Waals surface area contributed by atoms with Gasteiger partial charge in [-0.25, -0.2) is 32.5 Å². The summed E-state index contributed by atoms with van der Waals surface area (Å²) < 4.78 is 69.7. The number of aromatic amines is 1. The second kappa shape index (κ2) is 23.2. The number of nitrogens with one attached hydrogen (secondary N) is 4. The number of allylic oxidation sites excluding steroid dienone is 1. The molecule has 12 rings (SSSR count). The number of aromatic nitrogens is 4. The quantitative estimate of drug-likeness (QED) is 0.0629. The lowest BCUT2D eigenvalue weighted by molar-refractivity contribution is -0.750. The number of quaternary nitrogens is 1. The van der Waals surface area contributed by atoms with Crippen LogP contribution >= 0.6 is 0 Å². The third kappa shape index (κ3) is 11.2. The van der Waals surface area contributed by atoms with Crippen molar-refractivity contribution in [2.24, 2.45) is 17.3 Å². The highest BCUT2D eigenvalue weighted by atomic mass is 32.2. The number of carbonyl (C=O) groups is 1. The van der Waals surface area contributed by atoms with Crippen LogP contribution in [0.25, 0.3) is 16.9 Å². The Morgan fingerprint density at radius 3 is 2.48 bits per heavy atom. The third-order valence-electron chi connectivity index (χ3n) is 18.6. The average molecular weight is 1140 g/mol. The zero-order valence-electron chi connectivity index (χ0n) is 47.5. The molecule has 82 heavy (non-hydrogen) atoms. The van der Waals surface area contributed by atoms with Crippen molar-refractivity contribution in [1.82, 2.24) is 34.5 Å². The molecule has 5 fully saturated rings. The first-order chi connectivity index (χ1) is 39.7. The van der Waals surface area contributed by atoms with Crippen LogP contribution in [0.5, 0.6) is 23.1 Å². The number of imidazole rings is 1. The van der Waals surface area contributed by atoms with E-state index in [2.05, 4.69) is 89.9 Å². The van der Waals surface area contributed by atoms with Crippen LogP contribution in [0.15, 0.2) is 90.2 Å². The first-order valence-corrected chi connectivity index (χ1v) is 30.6. The van der Waals surface area contributed by atoms with E-state index in [1.807, 2.05) is 12.1 Å². The van der Waals surface area contributed by atoms with Crippen LogP contribution in [-0.4, -0.2) is 123 Å². The van der Waals surface area contributed by atoms with Crippen LogP contribution in [0.3, 0.4) is 0 Å². The largest absolute Gasteiger partial charge is 0.629 e. The minimum absolute atomic E-state index is 0.0310. The molecule has 3 aromatic heterocycles. The number of pyridine rings is 2. The van der Waals surface area contributed by atoms with Gasteiger partial charge in [-0.3, -0.25) is 14.6 Å². The number of carbonyl (C=O) groups excluding carboxylic acids is 1. The van der Waals surface area contributed by atoms with Crippen molar-refractivity contribution < 1.29 is 41.6 Å². The maximum Gasteiger partial charge on any atom is 0.270 e. The minimum Gasteiger partial charge on any atom is -0.629 e. The number of hydrogen-bond donors (Lipinski definition) is 4. The number of H-pyrrole nitrogens is 1. The summed E-state index contributed by atoms with van der Waals surface area (Å²) in [6.07, 6.45) is 13.4. The van der Waals surface area contributed by atoms with Gasteiger partial charge in [0.05, 0.1) is 38.8 Å². The number of rotatable bonds is 17. The number of sulfonamides is 1. The minimum atomic E-state index is -4.71. The van der Waals surface area contributed by atoms with Crippen molar-refractivity contribution in [3.8, 4) is 23.1 Å². The van der Waals surface area contributed by atoms with Crippen LogP contribution in [0.2, 0.25) is 0 Å². The van der Waals surface area contributed by atoms with Gasteiger partial charge in [-0.2, -0.15) is 0 Å². The molecule has 4 N–H and O–H groups in total. The van der Waals surface area contributed by atoms with E-state index < -0.39 is 21.8 Å². The number of hydrogen-bond acceptors (Lipinski definition) is 15. The molecule has 3 aliphatic heterocycles. The maximum atomic E-state index is 15.1. The smallest absolute Gasteiger partial charge is 0.270 e. The lowest BCUT2D eigenvalue weighted by atomic mass is 9.59. The summed E-state index contributed by atoms with van der Waals surface area (Å²) in [6.45, 7) is 11.3. The standard InChI is InChI=1S/C62H75FN10O8S/c1-38(2)45-8-6-7-9-46(45)52-36-71(35-39-10-14-44(78-4)15-11-39)24-25-73(52)43-32-62(33-43)20-22-72(23-21-62)56-31-53(81-54-29-47-49(63)16-17-50(47)68-61(54)79-5)48(34-64-56)60(74)69-82(76,77)55-30-51(70(3)75)57(59-58(55)65-37-66-59)67-42-13-12-41(28-42)40-18-26-80-27-19-40/h6-11,14-16,29-31,34,37-38,40-43,52,67,70H,12-13,17-28,32-33,35-36H2,1-5H3,(H,65,66)(H,69,74)/t41?,42?,52-/m0/s1. The van der Waals surface area contributed by atoms with Gasteiger partial charge in [-0.15, -0.1) is 0 Å². The number of amides is 1. The SMILES string of the molecule is COc1ccc(CN2CCN(C3CC4(CCN(c5cc(Oc6cc7c(nc6OC)CC=C7F)c(C(=O)NS(=O)(=O)c6cc([NH+](C)[O-])c(NC7CCC(C8CCOCC8)C7)c7[nH]cnc67)cn5)CC4)C3)[C@H](c3ccccc3C(C)C)C2)cc1. The molecule has 6 aliphatic rings. The molecule has 0 radical (unpaired) electrons. The van der Waals surface area contributed by atoms with Gasteiger partial charge in [-0.05, 0) is 122 Å². The summed E-state index contributed by atoms with van der Waals surface area (Å²) in [5.41, 5.74) is 5.81. The summed E-state index contributed by atoms with van der Waals surface area (Å²) in [4.78, 5) is 38.6. The van der Waals surface area contributed by atoms with Crippen LogP contribution in [0.1, 0.15) is 122 Å². The highest BCUT2D eigenvalue weighted by Crippen LogP contribution is 2.54. The number of anilines is 2. The number of fused-ring (bicyclic) bond motifs is 2. The fourth-order valence-corrected chi connectivity index (χ4v) is 15.3. The van der Waals surface area contributed by atoms with E-state index in [-0.39, 0.29) is 73.6 Å². The second-order valence-corrected chi connectivity index (χ2v) is 25.5. The van der Waals surface area contributed by atoms with Crippen molar-refractivity contribution in [1.29, 1.82) is 0 Å². The number of ether oxygens (including phenoxy) is 4. The van der Waals surface area contributed by atoms with Gasteiger partial charge < -0.3 is 44.4 Å². The molecule has 3 saturated heterocycles. The lowest BCUT2D eigenvalue weighted by Gasteiger charge is -2.58. The van der Waals surface area contributed by atoms with Gasteiger partial charge in [0.2, 0.25) is 0 Å². The average Bonchev–Trinajstić information content (AvgIpc) is 4.36. The zero-order valence-corrected chi connectivity index (χ0v) is 48.3. The Morgan fingerprint density at radius 1 is 0.951 bits per heavy atom. The fourth-order valence-electron chi connectivity index (χ4n) is 14.1. The summed E-state index contributed by atoms with van der Waals surface area (Å²) in [6, 6.07) is 22.5. The Balaban J connectivity index is 0.776. The van der Waals surface area contributed by atoms with Crippen LogP contribution in [-0.2, 0) is 27.7 Å². The van der Waals surface area contributed by atoms with E-state index in [1.54, 1.807) is 13.2 Å². The van der Waals surface area contributed by atoms with Crippen molar-refractivity contribution >= 4 is 50.0 Å². The van der Waals surface area contributed by atoms with E-state index in [4.69, 9.17) is 23.9 Å². The molecule has 18 nitrogen and oxygen atoms in total. The molecule has 4 atom stereocenters. The molecule has 6 aromatic rings. The summed E-state index contributed by atoms with van der Waals surface area (Å²) in [5.74, 6) is 1.47. The lowest BCUT2D eigenvalue weighted by Crippen LogP contribution is -2.98. The molecule has 1 amide bonds. The molecule has 2 saturated carbocycles. The highest BCUT2D eigenvalue weighted by Gasteiger charge is 2.50. The van der Waals surface area contributed by atoms with Crippen molar-refractivity contribution in [2.45, 2.75) is 114 Å². The molecular weight excluding hydrogens is 1060 g/mol. The second-order valence-electron chi connectivity index (χ2n) is 23.8. The number of nitrogens with zero attached hydrogens (tertiary/aromatic N) is 6. The third-order valence-corrected chi connectivity index (χ3v) is 19.9.